The Balaban J connectivity index is 2.34. The van der Waals surface area contributed by atoms with Crippen molar-refractivity contribution >= 4 is 39.1 Å². The van der Waals surface area contributed by atoms with Gasteiger partial charge in [-0.25, -0.2) is 0 Å². The van der Waals surface area contributed by atoms with Crippen molar-refractivity contribution in [2.75, 3.05) is 0 Å². The lowest BCUT2D eigenvalue weighted by atomic mass is 10.00. The van der Waals surface area contributed by atoms with Crippen LogP contribution >= 0.6 is 39.1 Å². The molecule has 3 heteroatoms. The molecule has 1 aliphatic carbocycles. The van der Waals surface area contributed by atoms with Crippen LogP contribution in [-0.2, 0) is 0 Å². The molecule has 1 saturated carbocycles. The van der Waals surface area contributed by atoms with E-state index in [0.717, 1.165) is 19.3 Å². The molecule has 0 N–H and O–H groups in total. The van der Waals surface area contributed by atoms with Crippen molar-refractivity contribution in [2.24, 2.45) is 0 Å². The summed E-state index contributed by atoms with van der Waals surface area (Å²) in [5.41, 5.74) is 0. The lowest BCUT2D eigenvalue weighted by Crippen LogP contribution is -2.23. The van der Waals surface area contributed by atoms with E-state index in [2.05, 4.69) is 15.9 Å². The molecule has 0 heterocycles. The fourth-order valence-corrected chi connectivity index (χ4v) is 3.41. The maximum absolute atomic E-state index is 5.89. The van der Waals surface area contributed by atoms with E-state index in [0.29, 0.717) is 4.83 Å². The Hall–Kier alpha value is 1.06. The van der Waals surface area contributed by atoms with Crippen LogP contribution < -0.4 is 0 Å². The number of rotatable bonds is 0. The molecule has 0 aliphatic heterocycles. The highest BCUT2D eigenvalue weighted by Gasteiger charge is 2.24. The molecule has 1 aliphatic rings. The Morgan fingerprint density at radius 1 is 1.00 bits per heavy atom. The van der Waals surface area contributed by atoms with Crippen LogP contribution in [-0.4, -0.2) is 15.6 Å². The van der Waals surface area contributed by atoms with Crippen molar-refractivity contribution < 1.29 is 0 Å². The predicted molar refractivity (Wildman–Crippen MR) is 45.8 cm³/mol. The van der Waals surface area contributed by atoms with Gasteiger partial charge in [-0.1, -0.05) is 15.9 Å². The minimum absolute atomic E-state index is 0.283. The normalized spacial score (nSPS) is 45.0. The molecule has 0 bridgehead atoms. The van der Waals surface area contributed by atoms with Crippen molar-refractivity contribution in [3.05, 3.63) is 0 Å². The molecule has 2 atom stereocenters. The average Bonchev–Trinajstić information content (AvgIpc) is 1.59. The first-order chi connectivity index (χ1) is 4.18. The number of hydrogen-bond donors (Lipinski definition) is 0. The van der Waals surface area contributed by atoms with E-state index in [9.17, 15) is 0 Å². The first-order valence-electron chi connectivity index (χ1n) is 3.10. The average molecular weight is 232 g/mol. The molecule has 0 nitrogen and oxygen atoms in total. The van der Waals surface area contributed by atoms with Gasteiger partial charge in [0.1, 0.15) is 0 Å². The minimum Gasteiger partial charge on any atom is -0.123 e. The van der Waals surface area contributed by atoms with E-state index < -0.39 is 0 Å². The first kappa shape index (κ1) is 8.16. The van der Waals surface area contributed by atoms with Gasteiger partial charge in [0.15, 0.2) is 0 Å². The van der Waals surface area contributed by atoms with E-state index in [4.69, 9.17) is 23.2 Å². The van der Waals surface area contributed by atoms with E-state index in [-0.39, 0.29) is 10.8 Å². The number of alkyl halides is 3. The van der Waals surface area contributed by atoms with Crippen molar-refractivity contribution in [3.8, 4) is 0 Å². The highest BCUT2D eigenvalue weighted by molar-refractivity contribution is 9.09. The fourth-order valence-electron chi connectivity index (χ4n) is 1.12. The summed E-state index contributed by atoms with van der Waals surface area (Å²) in [6, 6.07) is 0. The van der Waals surface area contributed by atoms with E-state index in [1.807, 2.05) is 0 Å². The summed E-state index contributed by atoms with van der Waals surface area (Å²) in [7, 11) is 0. The van der Waals surface area contributed by atoms with Gasteiger partial charge in [-0.2, -0.15) is 0 Å². The molecule has 1 rings (SSSR count). The first-order valence-corrected chi connectivity index (χ1v) is 4.89. The maximum Gasteiger partial charge on any atom is 0.0360 e. The van der Waals surface area contributed by atoms with Gasteiger partial charge in [-0.15, -0.1) is 23.2 Å². The second kappa shape index (κ2) is 3.45. The van der Waals surface area contributed by atoms with Crippen molar-refractivity contribution in [1.82, 2.24) is 0 Å². The van der Waals surface area contributed by atoms with Gasteiger partial charge in [-0.3, -0.25) is 0 Å². The summed E-state index contributed by atoms with van der Waals surface area (Å²) in [6.07, 6.45) is 3.08. The summed E-state index contributed by atoms with van der Waals surface area (Å²) >= 11 is 15.3. The van der Waals surface area contributed by atoms with Gasteiger partial charge in [0.2, 0.25) is 0 Å². The molecule has 0 amide bonds. The van der Waals surface area contributed by atoms with E-state index in [1.165, 1.54) is 0 Å². The quantitative estimate of drug-likeness (QED) is 0.562. The van der Waals surface area contributed by atoms with Crippen LogP contribution in [0, 0.1) is 0 Å². The van der Waals surface area contributed by atoms with Crippen LogP contribution in [0.4, 0.5) is 0 Å². The van der Waals surface area contributed by atoms with Crippen molar-refractivity contribution in [2.45, 2.75) is 34.8 Å². The second-order valence-corrected chi connectivity index (χ2v) is 5.03. The summed E-state index contributed by atoms with van der Waals surface area (Å²) < 4.78 is 0. The molecule has 2 unspecified atom stereocenters. The van der Waals surface area contributed by atoms with E-state index in [1.54, 1.807) is 0 Å². The molecule has 54 valence electrons. The molecule has 0 saturated heterocycles. The topological polar surface area (TPSA) is 0 Å². The van der Waals surface area contributed by atoms with Crippen LogP contribution in [0.1, 0.15) is 19.3 Å². The van der Waals surface area contributed by atoms with Crippen LogP contribution in [0.15, 0.2) is 0 Å². The highest BCUT2D eigenvalue weighted by Crippen LogP contribution is 2.30. The van der Waals surface area contributed by atoms with Gasteiger partial charge >= 0.3 is 0 Å². The van der Waals surface area contributed by atoms with E-state index >= 15 is 0 Å². The molecule has 0 aromatic rings. The zero-order valence-electron chi connectivity index (χ0n) is 4.99. The smallest absolute Gasteiger partial charge is 0.0360 e. The monoisotopic (exact) mass is 230 g/mol. The van der Waals surface area contributed by atoms with Gasteiger partial charge < -0.3 is 0 Å². The Morgan fingerprint density at radius 3 is 1.78 bits per heavy atom. The van der Waals surface area contributed by atoms with Crippen LogP contribution in [0.5, 0.6) is 0 Å². The minimum atomic E-state index is 0.283. The Labute approximate surface area is 74.0 Å². The summed E-state index contributed by atoms with van der Waals surface area (Å²) in [4.78, 5) is 0.538. The molecular weight excluding hydrogens is 223 g/mol. The SMILES string of the molecule is ClC1CC(Cl)CC(Br)C1. The number of halogens is 3. The van der Waals surface area contributed by atoms with Crippen molar-refractivity contribution in [1.29, 1.82) is 0 Å². The maximum atomic E-state index is 5.89. The third kappa shape index (κ3) is 2.65. The molecule has 0 spiro atoms. The standard InChI is InChI=1S/C6H9BrCl2/c7-4-1-5(8)3-6(9)2-4/h4-6H,1-3H2. The summed E-state index contributed by atoms with van der Waals surface area (Å²) in [6.45, 7) is 0. The second-order valence-electron chi connectivity index (χ2n) is 2.50. The highest BCUT2D eigenvalue weighted by atomic mass is 79.9. The predicted octanol–water partition coefficient (Wildman–Crippen LogP) is 3.15. The largest absolute Gasteiger partial charge is 0.123 e. The fraction of sp³-hybridized carbons (Fsp3) is 1.00. The summed E-state index contributed by atoms with van der Waals surface area (Å²) in [5, 5.41) is 0.566. The molecule has 0 aromatic carbocycles. The number of hydrogen-bond acceptors (Lipinski definition) is 0. The summed E-state index contributed by atoms with van der Waals surface area (Å²) in [5.74, 6) is 0. The Kier molecular flexibility index (Phi) is 3.13. The zero-order valence-corrected chi connectivity index (χ0v) is 8.09. The van der Waals surface area contributed by atoms with Gasteiger partial charge in [0.25, 0.3) is 0 Å². The molecular formula is C6H9BrCl2. The Morgan fingerprint density at radius 2 is 1.44 bits per heavy atom. The Bertz CT molecular complexity index is 72.0. The lowest BCUT2D eigenvalue weighted by Gasteiger charge is -2.24. The third-order valence-electron chi connectivity index (χ3n) is 1.53. The molecule has 1 fully saturated rings. The van der Waals surface area contributed by atoms with Crippen LogP contribution in [0.3, 0.4) is 0 Å². The lowest BCUT2D eigenvalue weighted by molar-refractivity contribution is 0.535. The van der Waals surface area contributed by atoms with Crippen molar-refractivity contribution in [3.63, 3.8) is 0 Å². The molecule has 0 aromatic heterocycles. The molecule has 9 heavy (non-hydrogen) atoms. The van der Waals surface area contributed by atoms with Crippen LogP contribution in [0.25, 0.3) is 0 Å². The van der Waals surface area contributed by atoms with Crippen LogP contribution in [0.2, 0.25) is 0 Å². The van der Waals surface area contributed by atoms with Gasteiger partial charge in [0, 0.05) is 15.6 Å². The zero-order chi connectivity index (χ0) is 6.85. The molecule has 0 radical (unpaired) electrons. The van der Waals surface area contributed by atoms with Gasteiger partial charge in [0.05, 0.1) is 0 Å². The third-order valence-corrected chi connectivity index (χ3v) is 2.99. The van der Waals surface area contributed by atoms with Gasteiger partial charge in [-0.05, 0) is 19.3 Å².